The monoisotopic (exact) mass is 384 g/mol. The van der Waals surface area contributed by atoms with Crippen molar-refractivity contribution in [1.82, 2.24) is 14.7 Å². The van der Waals surface area contributed by atoms with Crippen molar-refractivity contribution >= 4 is 27.0 Å². The van der Waals surface area contributed by atoms with Gasteiger partial charge < -0.3 is 0 Å². The van der Waals surface area contributed by atoms with E-state index in [2.05, 4.69) is 10.3 Å². The van der Waals surface area contributed by atoms with Crippen molar-refractivity contribution in [2.24, 2.45) is 16.8 Å². The van der Waals surface area contributed by atoms with Gasteiger partial charge in [0.2, 0.25) is 10.0 Å². The second-order valence-corrected chi connectivity index (χ2v) is 9.18. The smallest absolute Gasteiger partial charge is 0.243 e. The van der Waals surface area contributed by atoms with Crippen molar-refractivity contribution < 1.29 is 13.6 Å². The minimum absolute atomic E-state index is 0.177. The Hall–Kier alpha value is -2.26. The standard InChI is InChI=1S/C19H20N4O3S/c24-23-9-3-8-20-19(23)21-18-16-11-22(12-17(16)18)27(25,26)15-7-6-13-4-1-2-5-14(13)10-15/h1-10,16-19,21,24H,11-12H2. The van der Waals surface area contributed by atoms with E-state index in [4.69, 9.17) is 0 Å². The number of hydrogen-bond acceptors (Lipinski definition) is 6. The van der Waals surface area contributed by atoms with Gasteiger partial charge in [0.25, 0.3) is 0 Å². The summed E-state index contributed by atoms with van der Waals surface area (Å²) < 4.78 is 27.6. The Morgan fingerprint density at radius 3 is 2.56 bits per heavy atom. The maximum Gasteiger partial charge on any atom is 0.243 e. The van der Waals surface area contributed by atoms with Gasteiger partial charge in [0.1, 0.15) is 0 Å². The maximum atomic E-state index is 13.0. The van der Waals surface area contributed by atoms with Crippen LogP contribution in [-0.4, -0.2) is 54.6 Å². The lowest BCUT2D eigenvalue weighted by molar-refractivity contribution is -0.0889. The molecule has 1 saturated carbocycles. The Balaban J connectivity index is 1.28. The Morgan fingerprint density at radius 1 is 1.07 bits per heavy atom. The molecule has 2 aliphatic heterocycles. The Labute approximate surface area is 157 Å². The van der Waals surface area contributed by atoms with E-state index < -0.39 is 16.3 Å². The normalized spacial score (nSPS) is 30.0. The highest BCUT2D eigenvalue weighted by Crippen LogP contribution is 2.47. The molecule has 27 heavy (non-hydrogen) atoms. The van der Waals surface area contributed by atoms with E-state index in [1.807, 2.05) is 30.3 Å². The van der Waals surface area contributed by atoms with Crippen molar-refractivity contribution in [3.8, 4) is 0 Å². The van der Waals surface area contributed by atoms with E-state index in [1.54, 1.807) is 34.9 Å². The van der Waals surface area contributed by atoms with E-state index >= 15 is 0 Å². The molecule has 0 spiro atoms. The second kappa shape index (κ2) is 6.13. The molecular formula is C19H20N4O3S. The van der Waals surface area contributed by atoms with Gasteiger partial charge in [0.15, 0.2) is 6.29 Å². The predicted octanol–water partition coefficient (Wildman–Crippen LogP) is 1.62. The van der Waals surface area contributed by atoms with Gasteiger partial charge in [-0.1, -0.05) is 30.3 Å². The third-order valence-electron chi connectivity index (χ3n) is 5.66. The van der Waals surface area contributed by atoms with Crippen LogP contribution in [0.2, 0.25) is 0 Å². The Bertz CT molecular complexity index is 1040. The van der Waals surface area contributed by atoms with Crippen LogP contribution in [0.4, 0.5) is 0 Å². The molecule has 2 aromatic rings. The van der Waals surface area contributed by atoms with Crippen molar-refractivity contribution in [2.75, 3.05) is 13.1 Å². The fourth-order valence-electron chi connectivity index (χ4n) is 4.11. The number of hydroxylamine groups is 2. The van der Waals surface area contributed by atoms with Crippen molar-refractivity contribution in [1.29, 1.82) is 0 Å². The number of nitrogens with one attached hydrogen (secondary N) is 1. The maximum absolute atomic E-state index is 13.0. The summed E-state index contributed by atoms with van der Waals surface area (Å²) in [7, 11) is -3.49. The third-order valence-corrected chi connectivity index (χ3v) is 7.49. The van der Waals surface area contributed by atoms with Gasteiger partial charge in [0.05, 0.1) is 4.90 Å². The van der Waals surface area contributed by atoms with Crippen LogP contribution < -0.4 is 5.32 Å². The van der Waals surface area contributed by atoms with Gasteiger partial charge in [-0.2, -0.15) is 4.31 Å². The molecule has 8 heteroatoms. The van der Waals surface area contributed by atoms with Gasteiger partial charge in [-0.3, -0.25) is 15.5 Å². The molecule has 1 aliphatic carbocycles. The van der Waals surface area contributed by atoms with Crippen molar-refractivity contribution in [2.45, 2.75) is 17.2 Å². The number of piperidine rings is 1. The molecule has 0 amide bonds. The topological polar surface area (TPSA) is 85.2 Å². The SMILES string of the molecule is O=S(=O)(c1ccc2ccccc2c1)N1CC2C(C1)C2NC1N=CC=CN1O. The summed E-state index contributed by atoms with van der Waals surface area (Å²) >= 11 is 0. The first-order valence-corrected chi connectivity index (χ1v) is 10.4. The van der Waals surface area contributed by atoms with Crippen LogP contribution in [0.5, 0.6) is 0 Å². The second-order valence-electron chi connectivity index (χ2n) is 7.24. The first kappa shape index (κ1) is 16.9. The summed E-state index contributed by atoms with van der Waals surface area (Å²) in [4.78, 5) is 4.53. The fourth-order valence-corrected chi connectivity index (χ4v) is 5.66. The Morgan fingerprint density at radius 2 is 1.81 bits per heavy atom. The first-order valence-electron chi connectivity index (χ1n) is 8.96. The summed E-state index contributed by atoms with van der Waals surface area (Å²) in [5.41, 5.74) is 0. The highest BCUT2D eigenvalue weighted by Gasteiger charge is 2.58. The average Bonchev–Trinajstić information content (AvgIpc) is 3.11. The molecule has 2 N–H and O–H groups in total. The number of fused-ring (bicyclic) bond motifs is 2. The van der Waals surface area contributed by atoms with Gasteiger partial charge >= 0.3 is 0 Å². The van der Waals surface area contributed by atoms with Crippen LogP contribution in [0.15, 0.2) is 64.6 Å². The van der Waals surface area contributed by atoms with E-state index in [0.29, 0.717) is 18.0 Å². The highest BCUT2D eigenvalue weighted by molar-refractivity contribution is 7.89. The lowest BCUT2D eigenvalue weighted by atomic mass is 10.1. The van der Waals surface area contributed by atoms with E-state index in [-0.39, 0.29) is 17.9 Å². The zero-order chi connectivity index (χ0) is 18.6. The summed E-state index contributed by atoms with van der Waals surface area (Å²) in [5.74, 6) is 0.518. The molecule has 3 aliphatic rings. The summed E-state index contributed by atoms with van der Waals surface area (Å²) in [6, 6.07) is 13.2. The number of allylic oxidation sites excluding steroid dienone is 1. The molecule has 0 radical (unpaired) electrons. The van der Waals surface area contributed by atoms with Gasteiger partial charge in [-0.15, -0.1) is 0 Å². The summed E-state index contributed by atoms with van der Waals surface area (Å²) in [5, 5.41) is 16.1. The summed E-state index contributed by atoms with van der Waals surface area (Å²) in [6.45, 7) is 0.990. The molecule has 2 fully saturated rings. The average molecular weight is 384 g/mol. The summed E-state index contributed by atoms with van der Waals surface area (Å²) in [6.07, 6.45) is 4.33. The molecule has 2 aromatic carbocycles. The van der Waals surface area contributed by atoms with Crippen LogP contribution >= 0.6 is 0 Å². The van der Waals surface area contributed by atoms with Crippen LogP contribution in [0.3, 0.4) is 0 Å². The number of sulfonamides is 1. The van der Waals surface area contributed by atoms with E-state index in [9.17, 15) is 13.6 Å². The van der Waals surface area contributed by atoms with Crippen LogP contribution in [0, 0.1) is 11.8 Å². The molecule has 3 unspecified atom stereocenters. The number of rotatable bonds is 4. The fraction of sp³-hybridized carbons (Fsp3) is 0.316. The highest BCUT2D eigenvalue weighted by atomic mass is 32.2. The minimum Gasteiger partial charge on any atom is -0.286 e. The van der Waals surface area contributed by atoms with E-state index in [1.165, 1.54) is 0 Å². The molecule has 2 heterocycles. The van der Waals surface area contributed by atoms with E-state index in [0.717, 1.165) is 15.8 Å². The van der Waals surface area contributed by atoms with Gasteiger partial charge in [-0.25, -0.2) is 13.5 Å². The quantitative estimate of drug-likeness (QED) is 0.837. The predicted molar refractivity (Wildman–Crippen MR) is 102 cm³/mol. The van der Waals surface area contributed by atoms with Crippen molar-refractivity contribution in [3.05, 3.63) is 54.7 Å². The Kier molecular flexibility index (Phi) is 3.83. The first-order chi connectivity index (χ1) is 13.0. The third kappa shape index (κ3) is 2.85. The van der Waals surface area contributed by atoms with Gasteiger partial charge in [-0.05, 0) is 40.8 Å². The molecule has 0 bridgehead atoms. The zero-order valence-corrected chi connectivity index (χ0v) is 15.3. The number of nitrogens with zero attached hydrogens (tertiary/aromatic N) is 3. The zero-order valence-electron chi connectivity index (χ0n) is 14.5. The molecule has 3 atom stereocenters. The molecule has 0 aromatic heterocycles. The lowest BCUT2D eigenvalue weighted by Crippen LogP contribution is -2.45. The number of aliphatic imine (C=N–C) groups is 1. The molecule has 1 saturated heterocycles. The van der Waals surface area contributed by atoms with Crippen LogP contribution in [-0.2, 0) is 10.0 Å². The molecule has 7 nitrogen and oxygen atoms in total. The lowest BCUT2D eigenvalue weighted by Gasteiger charge is -2.26. The molecule has 5 rings (SSSR count). The van der Waals surface area contributed by atoms with Crippen molar-refractivity contribution in [3.63, 3.8) is 0 Å². The molecular weight excluding hydrogens is 364 g/mol. The van der Waals surface area contributed by atoms with Crippen LogP contribution in [0.25, 0.3) is 10.8 Å². The number of hydrogen-bond donors (Lipinski definition) is 2. The number of benzene rings is 2. The van der Waals surface area contributed by atoms with Crippen LogP contribution in [0.1, 0.15) is 0 Å². The molecule has 140 valence electrons. The van der Waals surface area contributed by atoms with Gasteiger partial charge in [0, 0.05) is 31.5 Å². The largest absolute Gasteiger partial charge is 0.286 e. The minimum atomic E-state index is -3.49.